The zero-order valence-corrected chi connectivity index (χ0v) is 5.44. The van der Waals surface area contributed by atoms with Gasteiger partial charge in [0.05, 0.1) is 12.7 Å². The molecule has 64 valence electrons. The lowest BCUT2D eigenvalue weighted by Gasteiger charge is -2.05. The smallest absolute Gasteiger partial charge is 0.371 e. The first kappa shape index (κ1) is 8.32. The van der Waals surface area contributed by atoms with Gasteiger partial charge in [-0.3, -0.25) is 4.79 Å². The molecule has 0 saturated carbocycles. The van der Waals surface area contributed by atoms with Crippen LogP contribution >= 0.6 is 0 Å². The molecule has 0 spiro atoms. The van der Waals surface area contributed by atoms with E-state index in [1.807, 2.05) is 0 Å². The Labute approximate surface area is 60.5 Å². The minimum Gasteiger partial charge on any atom is -0.371 e. The molecule has 0 aromatic rings. The quantitative estimate of drug-likeness (QED) is 0.594. The predicted octanol–water partition coefficient (Wildman–Crippen LogP) is 0.0637. The maximum Gasteiger partial charge on any atom is 0.471 e. The highest BCUT2D eigenvalue weighted by atomic mass is 19.4. The molecule has 1 rings (SSSR count). The molecule has 3 nitrogen and oxygen atoms in total. The molecule has 1 unspecified atom stereocenters. The minimum atomic E-state index is -4.78. The van der Waals surface area contributed by atoms with Gasteiger partial charge in [0.1, 0.15) is 0 Å². The van der Waals surface area contributed by atoms with Crippen LogP contribution in [0.3, 0.4) is 0 Å². The molecule has 6 heteroatoms. The summed E-state index contributed by atoms with van der Waals surface area (Å²) in [6, 6.07) is 0. The Balaban J connectivity index is 2.19. The number of carbonyl (C=O) groups excluding carboxylic acids is 1. The van der Waals surface area contributed by atoms with Gasteiger partial charge in [-0.15, -0.1) is 0 Å². The lowest BCUT2D eigenvalue weighted by Crippen LogP contribution is -2.38. The van der Waals surface area contributed by atoms with Crippen LogP contribution in [0, 0.1) is 0 Å². The average Bonchev–Trinajstić information content (AvgIpc) is 2.62. The first-order chi connectivity index (χ1) is 5.00. The molecule has 1 N–H and O–H groups in total. The van der Waals surface area contributed by atoms with Crippen LogP contribution in [0.4, 0.5) is 13.2 Å². The Morgan fingerprint density at radius 3 is 2.55 bits per heavy atom. The fourth-order valence-corrected chi connectivity index (χ4v) is 0.493. The topological polar surface area (TPSA) is 41.6 Å². The molecule has 1 fully saturated rings. The zero-order chi connectivity index (χ0) is 8.48. The van der Waals surface area contributed by atoms with Crippen molar-refractivity contribution in [1.29, 1.82) is 0 Å². The highest BCUT2D eigenvalue weighted by Crippen LogP contribution is 2.14. The van der Waals surface area contributed by atoms with E-state index in [-0.39, 0.29) is 12.6 Å². The number of alkyl halides is 3. The van der Waals surface area contributed by atoms with Crippen molar-refractivity contribution >= 4 is 5.91 Å². The Kier molecular flexibility index (Phi) is 2.03. The maximum absolute atomic E-state index is 11.5. The van der Waals surface area contributed by atoms with Crippen LogP contribution in [0.1, 0.15) is 0 Å². The van der Waals surface area contributed by atoms with Gasteiger partial charge in [0.25, 0.3) is 0 Å². The van der Waals surface area contributed by atoms with Crippen molar-refractivity contribution < 1.29 is 22.7 Å². The number of epoxide rings is 1. The molecular formula is C5H6F3NO2. The summed E-state index contributed by atoms with van der Waals surface area (Å²) < 4.78 is 39.0. The fraction of sp³-hybridized carbons (Fsp3) is 0.800. The van der Waals surface area contributed by atoms with Crippen LogP contribution < -0.4 is 5.32 Å². The molecule has 1 aliphatic heterocycles. The van der Waals surface area contributed by atoms with Gasteiger partial charge in [-0.25, -0.2) is 0 Å². The van der Waals surface area contributed by atoms with Gasteiger partial charge in [-0.1, -0.05) is 0 Å². The summed E-state index contributed by atoms with van der Waals surface area (Å²) in [5.74, 6) is -1.91. The van der Waals surface area contributed by atoms with Crippen molar-refractivity contribution in [2.24, 2.45) is 0 Å². The summed E-state index contributed by atoms with van der Waals surface area (Å²) >= 11 is 0. The molecule has 11 heavy (non-hydrogen) atoms. The van der Waals surface area contributed by atoms with Crippen molar-refractivity contribution in [3.8, 4) is 0 Å². The molecule has 1 heterocycles. The Bertz CT molecular complexity index is 164. The standard InChI is InChI=1S/C5H6F3NO2/c6-5(7,8)4(10)9-1-3-2-11-3/h3H,1-2H2,(H,9,10). The highest BCUT2D eigenvalue weighted by Gasteiger charge is 2.39. The van der Waals surface area contributed by atoms with Crippen molar-refractivity contribution in [1.82, 2.24) is 5.32 Å². The number of hydrogen-bond acceptors (Lipinski definition) is 2. The SMILES string of the molecule is O=C(NCC1CO1)C(F)(F)F. The molecule has 0 aromatic heterocycles. The summed E-state index contributed by atoms with van der Waals surface area (Å²) in [6.45, 7) is 0.372. The van der Waals surface area contributed by atoms with E-state index < -0.39 is 12.1 Å². The van der Waals surface area contributed by atoms with E-state index >= 15 is 0 Å². The maximum atomic E-state index is 11.5. The number of nitrogens with one attached hydrogen (secondary N) is 1. The predicted molar refractivity (Wildman–Crippen MR) is 28.8 cm³/mol. The third-order valence-electron chi connectivity index (χ3n) is 1.15. The second-order valence-electron chi connectivity index (χ2n) is 2.16. The van der Waals surface area contributed by atoms with Gasteiger partial charge in [-0.05, 0) is 0 Å². The van der Waals surface area contributed by atoms with E-state index in [1.54, 1.807) is 5.32 Å². The summed E-state index contributed by atoms with van der Waals surface area (Å²) in [4.78, 5) is 10.1. The van der Waals surface area contributed by atoms with E-state index in [4.69, 9.17) is 0 Å². The number of ether oxygens (including phenoxy) is 1. The van der Waals surface area contributed by atoms with E-state index in [0.717, 1.165) is 0 Å². The normalized spacial score (nSPS) is 23.0. The van der Waals surface area contributed by atoms with E-state index in [2.05, 4.69) is 4.74 Å². The number of carbonyl (C=O) groups is 1. The number of rotatable bonds is 2. The Morgan fingerprint density at radius 2 is 2.18 bits per heavy atom. The van der Waals surface area contributed by atoms with Gasteiger partial charge in [0, 0.05) is 6.54 Å². The minimum absolute atomic E-state index is 0.0572. The third kappa shape index (κ3) is 2.75. The molecule has 0 bridgehead atoms. The van der Waals surface area contributed by atoms with Gasteiger partial charge < -0.3 is 10.1 Å². The van der Waals surface area contributed by atoms with Crippen molar-refractivity contribution in [2.75, 3.05) is 13.2 Å². The van der Waals surface area contributed by atoms with E-state index in [9.17, 15) is 18.0 Å². The molecule has 1 amide bonds. The van der Waals surface area contributed by atoms with Gasteiger partial charge in [0.15, 0.2) is 0 Å². The van der Waals surface area contributed by atoms with Crippen LogP contribution in [0.2, 0.25) is 0 Å². The fourth-order valence-electron chi connectivity index (χ4n) is 0.493. The number of hydrogen-bond donors (Lipinski definition) is 1. The highest BCUT2D eigenvalue weighted by molar-refractivity contribution is 5.81. The second kappa shape index (κ2) is 2.69. The van der Waals surface area contributed by atoms with Crippen LogP contribution in [0.25, 0.3) is 0 Å². The van der Waals surface area contributed by atoms with Crippen LogP contribution in [0.15, 0.2) is 0 Å². The van der Waals surface area contributed by atoms with E-state index in [0.29, 0.717) is 6.61 Å². The average molecular weight is 169 g/mol. The molecular weight excluding hydrogens is 163 g/mol. The molecule has 1 atom stereocenters. The second-order valence-corrected chi connectivity index (χ2v) is 2.16. The number of amides is 1. The lowest BCUT2D eigenvalue weighted by molar-refractivity contribution is -0.173. The van der Waals surface area contributed by atoms with Gasteiger partial charge in [0.2, 0.25) is 0 Å². The summed E-state index contributed by atoms with van der Waals surface area (Å²) in [6.07, 6.45) is -5.00. The molecule has 0 aromatic carbocycles. The monoisotopic (exact) mass is 169 g/mol. The largest absolute Gasteiger partial charge is 0.471 e. The van der Waals surface area contributed by atoms with Crippen LogP contribution in [0.5, 0.6) is 0 Å². The first-order valence-corrected chi connectivity index (χ1v) is 2.97. The summed E-state index contributed by atoms with van der Waals surface area (Å²) in [5.41, 5.74) is 0. The van der Waals surface area contributed by atoms with Crippen molar-refractivity contribution in [3.05, 3.63) is 0 Å². The molecule has 0 aliphatic carbocycles. The molecule has 1 aliphatic rings. The summed E-state index contributed by atoms with van der Waals surface area (Å²) in [5, 5.41) is 1.70. The van der Waals surface area contributed by atoms with Crippen molar-refractivity contribution in [2.45, 2.75) is 12.3 Å². The lowest BCUT2D eigenvalue weighted by atomic mass is 10.4. The third-order valence-corrected chi connectivity index (χ3v) is 1.15. The zero-order valence-electron chi connectivity index (χ0n) is 5.44. The summed E-state index contributed by atoms with van der Waals surface area (Å²) in [7, 11) is 0. The first-order valence-electron chi connectivity index (χ1n) is 2.97. The molecule has 0 radical (unpaired) electrons. The number of halogens is 3. The Hall–Kier alpha value is -0.780. The van der Waals surface area contributed by atoms with Gasteiger partial charge >= 0.3 is 12.1 Å². The van der Waals surface area contributed by atoms with E-state index in [1.165, 1.54) is 0 Å². The Morgan fingerprint density at radius 1 is 1.64 bits per heavy atom. The molecule has 1 saturated heterocycles. The van der Waals surface area contributed by atoms with Crippen LogP contribution in [-0.4, -0.2) is 31.3 Å². The van der Waals surface area contributed by atoms with Crippen LogP contribution in [-0.2, 0) is 9.53 Å². The van der Waals surface area contributed by atoms with Gasteiger partial charge in [-0.2, -0.15) is 13.2 Å². The van der Waals surface area contributed by atoms with Crippen molar-refractivity contribution in [3.63, 3.8) is 0 Å².